The first-order valence-electron chi connectivity index (χ1n) is 8.03. The molecule has 2 aromatic rings. The molecular weight excluding hydrogens is 290 g/mol. The van der Waals surface area contributed by atoms with Crippen molar-refractivity contribution in [3.05, 3.63) is 42.5 Å². The average Bonchev–Trinajstić information content (AvgIpc) is 3.16. The fraction of sp³-hybridized carbons (Fsp3) is 0.412. The summed E-state index contributed by atoms with van der Waals surface area (Å²) in [5.41, 5.74) is 2.02. The van der Waals surface area contributed by atoms with Gasteiger partial charge in [0.05, 0.1) is 17.8 Å². The average molecular weight is 309 g/mol. The third-order valence-electron chi connectivity index (χ3n) is 4.78. The van der Waals surface area contributed by atoms with E-state index < -0.39 is 0 Å². The Balaban J connectivity index is 1.49. The van der Waals surface area contributed by atoms with Crippen molar-refractivity contribution in [3.8, 4) is 0 Å². The Labute approximate surface area is 135 Å². The lowest BCUT2D eigenvalue weighted by molar-refractivity contribution is -0.120. The van der Waals surface area contributed by atoms with E-state index in [0.717, 1.165) is 36.7 Å². The lowest BCUT2D eigenvalue weighted by atomic mass is 10.0. The van der Waals surface area contributed by atoms with Crippen LogP contribution >= 0.6 is 0 Å². The summed E-state index contributed by atoms with van der Waals surface area (Å²) in [6, 6.07) is 3.81. The van der Waals surface area contributed by atoms with Crippen molar-refractivity contribution in [2.75, 3.05) is 29.4 Å². The Bertz CT molecular complexity index is 703. The lowest BCUT2D eigenvalue weighted by Crippen LogP contribution is -2.33. The van der Waals surface area contributed by atoms with Crippen LogP contribution in [0.2, 0.25) is 0 Å². The van der Waals surface area contributed by atoms with Crippen molar-refractivity contribution < 1.29 is 4.79 Å². The van der Waals surface area contributed by atoms with Crippen LogP contribution in [0.15, 0.2) is 36.9 Å². The van der Waals surface area contributed by atoms with E-state index in [1.54, 1.807) is 12.4 Å². The molecule has 4 rings (SSSR count). The summed E-state index contributed by atoms with van der Waals surface area (Å²) in [5.74, 6) is 1.29. The third-order valence-corrected chi connectivity index (χ3v) is 4.78. The second-order valence-corrected chi connectivity index (χ2v) is 6.18. The number of carbonyl (C=O) groups excluding carboxylic acids is 1. The van der Waals surface area contributed by atoms with Gasteiger partial charge in [0.15, 0.2) is 0 Å². The molecule has 0 aromatic carbocycles. The van der Waals surface area contributed by atoms with Gasteiger partial charge in [-0.1, -0.05) is 6.92 Å². The first-order valence-corrected chi connectivity index (χ1v) is 8.03. The normalized spacial score (nSPS) is 23.4. The molecule has 2 atom stereocenters. The van der Waals surface area contributed by atoms with Crippen LogP contribution in [0.3, 0.4) is 0 Å². The zero-order valence-electron chi connectivity index (χ0n) is 13.1. The van der Waals surface area contributed by atoms with Crippen molar-refractivity contribution in [1.29, 1.82) is 0 Å². The molecule has 6 nitrogen and oxygen atoms in total. The summed E-state index contributed by atoms with van der Waals surface area (Å²) in [7, 11) is 0. The quantitative estimate of drug-likeness (QED) is 0.860. The minimum absolute atomic E-state index is 0.0321. The summed E-state index contributed by atoms with van der Waals surface area (Å²) < 4.78 is 0. The van der Waals surface area contributed by atoms with E-state index in [1.807, 2.05) is 29.4 Å². The van der Waals surface area contributed by atoms with Gasteiger partial charge in [0.2, 0.25) is 11.9 Å². The van der Waals surface area contributed by atoms with Crippen LogP contribution in [0.1, 0.15) is 12.5 Å². The Morgan fingerprint density at radius 1 is 1.17 bits per heavy atom. The van der Waals surface area contributed by atoms with Gasteiger partial charge in [-0.15, -0.1) is 0 Å². The highest BCUT2D eigenvalue weighted by Gasteiger charge is 2.47. The van der Waals surface area contributed by atoms with Crippen molar-refractivity contribution in [3.63, 3.8) is 0 Å². The van der Waals surface area contributed by atoms with Gasteiger partial charge >= 0.3 is 0 Å². The van der Waals surface area contributed by atoms with E-state index in [9.17, 15) is 4.79 Å². The van der Waals surface area contributed by atoms with Crippen LogP contribution in [0, 0.1) is 11.8 Å². The summed E-state index contributed by atoms with van der Waals surface area (Å²) in [6.07, 6.45) is 8.16. The Morgan fingerprint density at radius 2 is 2.00 bits per heavy atom. The maximum absolute atomic E-state index is 12.7. The largest absolute Gasteiger partial charge is 0.340 e. The molecule has 0 saturated carbocycles. The van der Waals surface area contributed by atoms with E-state index in [-0.39, 0.29) is 11.8 Å². The van der Waals surface area contributed by atoms with Crippen LogP contribution in [0.4, 0.5) is 11.6 Å². The SMILES string of the molecule is CCc1cnc(N2C[C@@H]3CN(c4cccnc4)C(=O)[C@@H]3C2)nc1. The molecule has 23 heavy (non-hydrogen) atoms. The van der Waals surface area contributed by atoms with E-state index in [2.05, 4.69) is 26.8 Å². The van der Waals surface area contributed by atoms with E-state index in [4.69, 9.17) is 0 Å². The molecule has 6 heteroatoms. The summed E-state index contributed by atoms with van der Waals surface area (Å²) in [5, 5.41) is 0. The molecule has 118 valence electrons. The maximum atomic E-state index is 12.7. The molecule has 1 amide bonds. The predicted molar refractivity (Wildman–Crippen MR) is 87.2 cm³/mol. The van der Waals surface area contributed by atoms with Gasteiger partial charge in [0.1, 0.15) is 0 Å². The fourth-order valence-corrected chi connectivity index (χ4v) is 3.46. The van der Waals surface area contributed by atoms with Crippen molar-refractivity contribution >= 4 is 17.5 Å². The number of rotatable bonds is 3. The highest BCUT2D eigenvalue weighted by Crippen LogP contribution is 2.35. The second kappa shape index (κ2) is 5.61. The molecule has 0 radical (unpaired) electrons. The van der Waals surface area contributed by atoms with Crippen LogP contribution in [-0.4, -0.2) is 40.5 Å². The van der Waals surface area contributed by atoms with Gasteiger partial charge in [-0.05, 0) is 24.1 Å². The molecule has 2 fully saturated rings. The van der Waals surface area contributed by atoms with Gasteiger partial charge in [-0.25, -0.2) is 9.97 Å². The number of carbonyl (C=O) groups is 1. The Hall–Kier alpha value is -2.50. The van der Waals surface area contributed by atoms with Gasteiger partial charge in [-0.3, -0.25) is 9.78 Å². The van der Waals surface area contributed by atoms with E-state index in [1.165, 1.54) is 0 Å². The first-order chi connectivity index (χ1) is 11.3. The van der Waals surface area contributed by atoms with Crippen molar-refractivity contribution in [2.24, 2.45) is 11.8 Å². The number of anilines is 2. The molecule has 0 spiro atoms. The predicted octanol–water partition coefficient (Wildman–Crippen LogP) is 1.53. The van der Waals surface area contributed by atoms with Gasteiger partial charge in [-0.2, -0.15) is 0 Å². The minimum Gasteiger partial charge on any atom is -0.340 e. The smallest absolute Gasteiger partial charge is 0.232 e. The lowest BCUT2D eigenvalue weighted by Gasteiger charge is -2.21. The van der Waals surface area contributed by atoms with Crippen molar-refractivity contribution in [1.82, 2.24) is 15.0 Å². The molecule has 4 heterocycles. The molecule has 0 bridgehead atoms. The summed E-state index contributed by atoms with van der Waals surface area (Å²) in [6.45, 7) is 4.37. The first kappa shape index (κ1) is 14.1. The number of pyridine rings is 1. The van der Waals surface area contributed by atoms with E-state index in [0.29, 0.717) is 12.5 Å². The fourth-order valence-electron chi connectivity index (χ4n) is 3.46. The topological polar surface area (TPSA) is 62.2 Å². The Morgan fingerprint density at radius 3 is 2.65 bits per heavy atom. The zero-order chi connectivity index (χ0) is 15.8. The zero-order valence-corrected chi connectivity index (χ0v) is 13.1. The van der Waals surface area contributed by atoms with Crippen LogP contribution in [0.25, 0.3) is 0 Å². The van der Waals surface area contributed by atoms with Gasteiger partial charge in [0, 0.05) is 44.1 Å². The Kier molecular flexibility index (Phi) is 3.44. The monoisotopic (exact) mass is 309 g/mol. The van der Waals surface area contributed by atoms with Crippen LogP contribution in [0.5, 0.6) is 0 Å². The number of aryl methyl sites for hydroxylation is 1. The van der Waals surface area contributed by atoms with Gasteiger partial charge < -0.3 is 9.80 Å². The molecule has 2 aromatic heterocycles. The molecule has 0 N–H and O–H groups in total. The van der Waals surface area contributed by atoms with Crippen LogP contribution in [-0.2, 0) is 11.2 Å². The number of fused-ring (bicyclic) bond motifs is 1. The molecule has 0 aliphatic carbocycles. The highest BCUT2D eigenvalue weighted by molar-refractivity contribution is 5.98. The minimum atomic E-state index is 0.0321. The molecule has 2 aliphatic rings. The molecule has 0 unspecified atom stereocenters. The number of nitrogens with zero attached hydrogens (tertiary/aromatic N) is 5. The maximum Gasteiger partial charge on any atom is 0.232 e. The van der Waals surface area contributed by atoms with Gasteiger partial charge in [0.25, 0.3) is 0 Å². The molecule has 2 saturated heterocycles. The van der Waals surface area contributed by atoms with Crippen molar-refractivity contribution in [2.45, 2.75) is 13.3 Å². The summed E-state index contributed by atoms with van der Waals surface area (Å²) >= 11 is 0. The third kappa shape index (κ3) is 2.44. The standard InChI is InChI=1S/C17H19N5O/c1-2-12-6-19-17(20-7-12)21-9-13-10-22(16(23)15(13)11-21)14-4-3-5-18-8-14/h3-8,13,15H,2,9-11H2,1H3/t13-,15-/m1/s1. The second-order valence-electron chi connectivity index (χ2n) is 6.18. The number of hydrogen-bond donors (Lipinski definition) is 0. The number of hydrogen-bond acceptors (Lipinski definition) is 5. The van der Waals surface area contributed by atoms with Crippen LogP contribution < -0.4 is 9.80 Å². The molecule has 2 aliphatic heterocycles. The highest BCUT2D eigenvalue weighted by atomic mass is 16.2. The number of amides is 1. The summed E-state index contributed by atoms with van der Waals surface area (Å²) in [4.78, 5) is 29.7. The number of aromatic nitrogens is 3. The van der Waals surface area contributed by atoms with E-state index >= 15 is 0 Å². The molecular formula is C17H19N5O.